The lowest BCUT2D eigenvalue weighted by Crippen LogP contribution is -2.07. The minimum absolute atomic E-state index is 0.110. The van der Waals surface area contributed by atoms with Gasteiger partial charge in [0.2, 0.25) is 5.95 Å². The van der Waals surface area contributed by atoms with Crippen molar-refractivity contribution < 1.29 is 13.6 Å². The monoisotopic (exact) mass is 325 g/mol. The number of carbonyl (C=O) groups is 1. The Morgan fingerprint density at radius 2 is 1.79 bits per heavy atom. The van der Waals surface area contributed by atoms with Gasteiger partial charge in [-0.05, 0) is 48.0 Å². The van der Waals surface area contributed by atoms with E-state index in [-0.39, 0.29) is 18.0 Å². The molecular formula is C18H13F2N3O. The molecule has 24 heavy (non-hydrogen) atoms. The Morgan fingerprint density at radius 3 is 2.50 bits per heavy atom. The molecule has 0 fully saturated rings. The van der Waals surface area contributed by atoms with Gasteiger partial charge in [-0.1, -0.05) is 0 Å². The van der Waals surface area contributed by atoms with Crippen molar-refractivity contribution in [2.24, 2.45) is 0 Å². The summed E-state index contributed by atoms with van der Waals surface area (Å²) in [7, 11) is 0. The highest BCUT2D eigenvalue weighted by Crippen LogP contribution is 2.21. The van der Waals surface area contributed by atoms with Crippen molar-refractivity contribution in [1.82, 2.24) is 9.97 Å². The van der Waals surface area contributed by atoms with Crippen LogP contribution in [-0.4, -0.2) is 15.8 Å². The summed E-state index contributed by atoms with van der Waals surface area (Å²) >= 11 is 0. The molecule has 2 aromatic heterocycles. The van der Waals surface area contributed by atoms with Crippen LogP contribution < -0.4 is 5.32 Å². The number of nitrogens with one attached hydrogen (secondary N) is 1. The first-order chi connectivity index (χ1) is 11.6. The second kappa shape index (κ2) is 6.95. The van der Waals surface area contributed by atoms with Gasteiger partial charge < -0.3 is 5.32 Å². The summed E-state index contributed by atoms with van der Waals surface area (Å²) in [4.78, 5) is 19.8. The molecule has 6 heteroatoms. The van der Waals surface area contributed by atoms with E-state index in [4.69, 9.17) is 0 Å². The molecule has 0 bridgehead atoms. The van der Waals surface area contributed by atoms with Crippen molar-refractivity contribution in [3.63, 3.8) is 0 Å². The molecule has 0 saturated carbocycles. The van der Waals surface area contributed by atoms with Crippen LogP contribution in [0.15, 0.2) is 61.1 Å². The lowest BCUT2D eigenvalue weighted by molar-refractivity contribution is 0.0992. The lowest BCUT2D eigenvalue weighted by atomic mass is 10.0. The summed E-state index contributed by atoms with van der Waals surface area (Å²) in [6.45, 7) is 0. The first-order valence-corrected chi connectivity index (χ1v) is 7.22. The van der Waals surface area contributed by atoms with Crippen molar-refractivity contribution in [2.45, 2.75) is 6.42 Å². The van der Waals surface area contributed by atoms with Gasteiger partial charge in [-0.15, -0.1) is 0 Å². The van der Waals surface area contributed by atoms with Crippen LogP contribution in [0.1, 0.15) is 15.9 Å². The molecule has 0 aliphatic rings. The van der Waals surface area contributed by atoms with Crippen molar-refractivity contribution >= 4 is 17.2 Å². The minimum Gasteiger partial charge on any atom is -0.354 e. The van der Waals surface area contributed by atoms with Crippen LogP contribution in [0.2, 0.25) is 0 Å². The Balaban J connectivity index is 1.79. The summed E-state index contributed by atoms with van der Waals surface area (Å²) in [6, 6.07) is 10.1. The summed E-state index contributed by atoms with van der Waals surface area (Å²) < 4.78 is 25.8. The summed E-state index contributed by atoms with van der Waals surface area (Å²) in [5, 5.41) is 3.11. The van der Waals surface area contributed by atoms with E-state index in [9.17, 15) is 13.6 Å². The molecule has 3 aromatic rings. The highest BCUT2D eigenvalue weighted by atomic mass is 19.1. The SMILES string of the molecule is O=C(Cc1ccncc1Nc1ccc(F)cc1)c1ccc(F)nc1. The number of rotatable bonds is 5. The van der Waals surface area contributed by atoms with E-state index in [1.807, 2.05) is 0 Å². The number of hydrogen-bond acceptors (Lipinski definition) is 4. The normalized spacial score (nSPS) is 10.4. The maximum Gasteiger partial charge on any atom is 0.212 e. The Morgan fingerprint density at radius 1 is 1.00 bits per heavy atom. The van der Waals surface area contributed by atoms with Gasteiger partial charge in [0.25, 0.3) is 0 Å². The van der Waals surface area contributed by atoms with E-state index in [1.54, 1.807) is 30.6 Å². The molecule has 120 valence electrons. The van der Waals surface area contributed by atoms with Gasteiger partial charge in [0.05, 0.1) is 11.9 Å². The summed E-state index contributed by atoms with van der Waals surface area (Å²) in [5.41, 5.74) is 2.39. The number of anilines is 2. The standard InChI is InChI=1S/C18H13F2N3O/c19-14-2-4-15(5-3-14)23-16-11-21-8-7-12(16)9-17(24)13-1-6-18(20)22-10-13/h1-8,10-11,23H,9H2. The van der Waals surface area contributed by atoms with Crippen LogP contribution in [0.5, 0.6) is 0 Å². The van der Waals surface area contributed by atoms with E-state index in [0.29, 0.717) is 16.9 Å². The van der Waals surface area contributed by atoms with Gasteiger partial charge >= 0.3 is 0 Å². The second-order valence-electron chi connectivity index (χ2n) is 5.13. The van der Waals surface area contributed by atoms with Crippen LogP contribution >= 0.6 is 0 Å². The zero-order valence-electron chi connectivity index (χ0n) is 12.5. The first-order valence-electron chi connectivity index (χ1n) is 7.22. The van der Waals surface area contributed by atoms with E-state index >= 15 is 0 Å². The fraction of sp³-hybridized carbons (Fsp3) is 0.0556. The zero-order valence-corrected chi connectivity index (χ0v) is 12.5. The minimum atomic E-state index is -0.630. The molecule has 0 radical (unpaired) electrons. The highest BCUT2D eigenvalue weighted by molar-refractivity contribution is 5.98. The molecule has 3 rings (SSSR count). The molecular weight excluding hydrogens is 312 g/mol. The van der Waals surface area contributed by atoms with Crippen molar-refractivity contribution in [1.29, 1.82) is 0 Å². The molecule has 0 atom stereocenters. The number of benzene rings is 1. The topological polar surface area (TPSA) is 54.9 Å². The zero-order chi connectivity index (χ0) is 16.9. The number of aromatic nitrogens is 2. The largest absolute Gasteiger partial charge is 0.354 e. The van der Waals surface area contributed by atoms with Gasteiger partial charge in [0.1, 0.15) is 5.82 Å². The Kier molecular flexibility index (Phi) is 4.56. The maximum atomic E-state index is 13.0. The average Bonchev–Trinajstić information content (AvgIpc) is 2.59. The number of Topliss-reactive ketones (excluding diaryl/α,β-unsaturated/α-hetero) is 1. The van der Waals surface area contributed by atoms with E-state index in [1.165, 1.54) is 24.4 Å². The van der Waals surface area contributed by atoms with Crippen LogP contribution in [-0.2, 0) is 6.42 Å². The molecule has 0 unspecified atom stereocenters. The number of hydrogen-bond donors (Lipinski definition) is 1. The number of carbonyl (C=O) groups excluding carboxylic acids is 1. The molecule has 1 aromatic carbocycles. The van der Waals surface area contributed by atoms with Crippen molar-refractivity contribution in [3.8, 4) is 0 Å². The molecule has 0 aliphatic heterocycles. The van der Waals surface area contributed by atoms with E-state index in [0.717, 1.165) is 11.6 Å². The molecule has 0 aliphatic carbocycles. The van der Waals surface area contributed by atoms with Crippen LogP contribution in [0, 0.1) is 11.8 Å². The number of nitrogens with zero attached hydrogens (tertiary/aromatic N) is 2. The highest BCUT2D eigenvalue weighted by Gasteiger charge is 2.11. The predicted octanol–water partition coefficient (Wildman–Crippen LogP) is 3.92. The smallest absolute Gasteiger partial charge is 0.212 e. The van der Waals surface area contributed by atoms with Gasteiger partial charge in [-0.3, -0.25) is 9.78 Å². The molecule has 0 amide bonds. The molecule has 4 nitrogen and oxygen atoms in total. The summed E-state index contributed by atoms with van der Waals surface area (Å²) in [6.07, 6.45) is 4.50. The van der Waals surface area contributed by atoms with Crippen molar-refractivity contribution in [3.05, 3.63) is 83.9 Å². The quantitative estimate of drug-likeness (QED) is 0.570. The van der Waals surface area contributed by atoms with Crippen LogP contribution in [0.25, 0.3) is 0 Å². The van der Waals surface area contributed by atoms with E-state index in [2.05, 4.69) is 15.3 Å². The van der Waals surface area contributed by atoms with Crippen LogP contribution in [0.3, 0.4) is 0 Å². The van der Waals surface area contributed by atoms with Gasteiger partial charge in [0, 0.05) is 30.1 Å². The fourth-order valence-electron chi connectivity index (χ4n) is 2.19. The Hall–Kier alpha value is -3.15. The predicted molar refractivity (Wildman–Crippen MR) is 86.1 cm³/mol. The maximum absolute atomic E-state index is 13.0. The molecule has 0 spiro atoms. The van der Waals surface area contributed by atoms with E-state index < -0.39 is 5.95 Å². The first kappa shape index (κ1) is 15.7. The third-order valence-corrected chi connectivity index (χ3v) is 3.43. The molecule has 0 saturated heterocycles. The molecule has 2 heterocycles. The number of pyridine rings is 2. The third-order valence-electron chi connectivity index (χ3n) is 3.43. The third kappa shape index (κ3) is 3.78. The number of ketones is 1. The van der Waals surface area contributed by atoms with Gasteiger partial charge in [-0.25, -0.2) is 9.37 Å². The number of halogens is 2. The Labute approximate surface area is 137 Å². The van der Waals surface area contributed by atoms with Gasteiger partial charge in [0.15, 0.2) is 5.78 Å². The van der Waals surface area contributed by atoms with Gasteiger partial charge in [-0.2, -0.15) is 4.39 Å². The second-order valence-corrected chi connectivity index (χ2v) is 5.13. The molecule has 1 N–H and O–H groups in total. The Bertz CT molecular complexity index is 849. The fourth-order valence-corrected chi connectivity index (χ4v) is 2.19. The van der Waals surface area contributed by atoms with Crippen molar-refractivity contribution in [2.75, 3.05) is 5.32 Å². The lowest BCUT2D eigenvalue weighted by Gasteiger charge is -2.11. The summed E-state index contributed by atoms with van der Waals surface area (Å²) in [5.74, 6) is -1.14. The average molecular weight is 325 g/mol. The van der Waals surface area contributed by atoms with Crippen LogP contribution in [0.4, 0.5) is 20.2 Å².